The Bertz CT molecular complexity index is 693. The van der Waals surface area contributed by atoms with Crippen molar-refractivity contribution in [2.75, 3.05) is 0 Å². The lowest BCUT2D eigenvalue weighted by atomic mass is 9.69. The number of rotatable bonds is 8. The van der Waals surface area contributed by atoms with E-state index in [0.717, 1.165) is 25.7 Å². The van der Waals surface area contributed by atoms with E-state index in [-0.39, 0.29) is 5.41 Å². The van der Waals surface area contributed by atoms with Gasteiger partial charge in [0, 0.05) is 5.41 Å². The maximum absolute atomic E-state index is 8.65. The first-order valence-electron chi connectivity index (χ1n) is 8.53. The molecule has 2 rings (SSSR count). The van der Waals surface area contributed by atoms with Crippen LogP contribution in [0.2, 0.25) is 0 Å². The average Bonchev–Trinajstić information content (AvgIpc) is 2.65. The fourth-order valence-electron chi connectivity index (χ4n) is 3.31. The number of nitriles is 2. The van der Waals surface area contributed by atoms with E-state index in [1.54, 1.807) is 12.5 Å². The molecule has 0 aliphatic rings. The van der Waals surface area contributed by atoms with Crippen LogP contribution in [0.4, 0.5) is 0 Å². The molecule has 0 spiro atoms. The van der Waals surface area contributed by atoms with Gasteiger partial charge in [-0.1, -0.05) is 51.0 Å². The quantitative estimate of drug-likeness (QED) is 0.615. The fraction of sp³-hybridized carbons (Fsp3) is 0.333. The highest BCUT2D eigenvalue weighted by Gasteiger charge is 2.32. The molecule has 0 aliphatic carbocycles. The second kappa shape index (κ2) is 8.76. The summed E-state index contributed by atoms with van der Waals surface area (Å²) in [5.74, 6) is 1.09. The van der Waals surface area contributed by atoms with Crippen molar-refractivity contribution in [2.24, 2.45) is 0 Å². The molecule has 0 radical (unpaired) electrons. The molecule has 0 aliphatic heterocycles. The summed E-state index contributed by atoms with van der Waals surface area (Å²) in [7, 11) is 0. The van der Waals surface area contributed by atoms with Crippen molar-refractivity contribution < 1.29 is 9.47 Å². The third kappa shape index (κ3) is 4.11. The van der Waals surface area contributed by atoms with Crippen molar-refractivity contribution in [1.29, 1.82) is 10.5 Å². The average molecular weight is 334 g/mol. The summed E-state index contributed by atoms with van der Waals surface area (Å²) in [5, 5.41) is 17.3. The molecule has 0 amide bonds. The van der Waals surface area contributed by atoms with Gasteiger partial charge in [0.05, 0.1) is 0 Å². The van der Waals surface area contributed by atoms with Crippen LogP contribution in [-0.2, 0) is 5.41 Å². The van der Waals surface area contributed by atoms with Crippen LogP contribution in [0.1, 0.15) is 50.7 Å². The zero-order chi connectivity index (χ0) is 18.1. The fourth-order valence-corrected chi connectivity index (χ4v) is 3.31. The van der Waals surface area contributed by atoms with Crippen LogP contribution in [0.15, 0.2) is 48.5 Å². The number of benzene rings is 2. The Labute approximate surface area is 149 Å². The van der Waals surface area contributed by atoms with Crippen LogP contribution in [0.5, 0.6) is 11.5 Å². The van der Waals surface area contributed by atoms with Gasteiger partial charge in [0.15, 0.2) is 0 Å². The van der Waals surface area contributed by atoms with E-state index >= 15 is 0 Å². The normalized spacial score (nSPS) is 10.6. The third-order valence-electron chi connectivity index (χ3n) is 4.70. The summed E-state index contributed by atoms with van der Waals surface area (Å²) in [5.41, 5.74) is 2.28. The summed E-state index contributed by atoms with van der Waals surface area (Å²) in [6, 6.07) is 15.5. The van der Waals surface area contributed by atoms with Crippen LogP contribution in [0.25, 0.3) is 0 Å². The van der Waals surface area contributed by atoms with Gasteiger partial charge in [0.2, 0.25) is 0 Å². The highest BCUT2D eigenvalue weighted by molar-refractivity contribution is 5.43. The molecule has 0 atom stereocenters. The molecule has 0 heterocycles. The topological polar surface area (TPSA) is 66.0 Å². The Kier molecular flexibility index (Phi) is 6.43. The molecule has 0 unspecified atom stereocenters. The minimum Gasteiger partial charge on any atom is -0.388 e. The maximum Gasteiger partial charge on any atom is 0.292 e. The van der Waals surface area contributed by atoms with Gasteiger partial charge in [-0.2, -0.15) is 0 Å². The highest BCUT2D eigenvalue weighted by atomic mass is 16.5. The van der Waals surface area contributed by atoms with Crippen molar-refractivity contribution in [3.05, 3.63) is 59.7 Å². The predicted molar refractivity (Wildman–Crippen MR) is 96.0 cm³/mol. The summed E-state index contributed by atoms with van der Waals surface area (Å²) in [4.78, 5) is 0. The van der Waals surface area contributed by atoms with Crippen LogP contribution in [-0.4, -0.2) is 0 Å². The lowest BCUT2D eigenvalue weighted by Crippen LogP contribution is -2.27. The Morgan fingerprint density at radius 3 is 1.56 bits per heavy atom. The molecular weight excluding hydrogens is 312 g/mol. The van der Waals surface area contributed by atoms with Crippen molar-refractivity contribution in [2.45, 2.75) is 44.9 Å². The second-order valence-corrected chi connectivity index (χ2v) is 5.97. The van der Waals surface area contributed by atoms with E-state index in [1.807, 2.05) is 48.5 Å². The predicted octanol–water partition coefficient (Wildman–Crippen LogP) is 5.29. The van der Waals surface area contributed by atoms with Gasteiger partial charge in [0.1, 0.15) is 11.5 Å². The minimum absolute atomic E-state index is 0.119. The van der Waals surface area contributed by atoms with E-state index < -0.39 is 0 Å². The number of ether oxygens (including phenoxy) is 2. The Hall–Kier alpha value is -2.98. The summed E-state index contributed by atoms with van der Waals surface area (Å²) in [6.07, 6.45) is 7.60. The van der Waals surface area contributed by atoms with Gasteiger partial charge in [-0.15, -0.1) is 10.5 Å². The Morgan fingerprint density at radius 2 is 1.24 bits per heavy atom. The Balaban J connectivity index is 2.45. The first-order chi connectivity index (χ1) is 12.2. The number of hydrogen-bond acceptors (Lipinski definition) is 4. The van der Waals surface area contributed by atoms with Gasteiger partial charge >= 0.3 is 0 Å². The molecule has 4 heteroatoms. The molecule has 0 aromatic heterocycles. The van der Waals surface area contributed by atoms with E-state index in [1.165, 1.54) is 11.1 Å². The molecular formula is C21H22N2O2. The molecule has 128 valence electrons. The first kappa shape index (κ1) is 18.4. The van der Waals surface area contributed by atoms with Crippen LogP contribution >= 0.6 is 0 Å². The molecule has 4 nitrogen and oxygen atoms in total. The van der Waals surface area contributed by atoms with Gasteiger partial charge in [-0.25, -0.2) is 0 Å². The van der Waals surface area contributed by atoms with Crippen molar-refractivity contribution in [3.8, 4) is 24.0 Å². The second-order valence-electron chi connectivity index (χ2n) is 5.97. The molecule has 2 aromatic rings. The zero-order valence-corrected chi connectivity index (χ0v) is 14.7. The number of unbranched alkanes of at least 4 members (excludes halogenated alkanes) is 1. The lowest BCUT2D eigenvalue weighted by Gasteiger charge is -2.34. The molecule has 2 aromatic carbocycles. The molecule has 25 heavy (non-hydrogen) atoms. The number of nitrogens with zero attached hydrogens (tertiary/aromatic N) is 2. The van der Waals surface area contributed by atoms with Gasteiger partial charge in [0.25, 0.3) is 12.5 Å². The number of hydrogen-bond donors (Lipinski definition) is 0. The first-order valence-corrected chi connectivity index (χ1v) is 8.53. The largest absolute Gasteiger partial charge is 0.388 e. The molecule has 0 saturated carbocycles. The maximum atomic E-state index is 8.65. The van der Waals surface area contributed by atoms with Crippen LogP contribution in [0, 0.1) is 23.0 Å². The smallest absolute Gasteiger partial charge is 0.292 e. The van der Waals surface area contributed by atoms with Crippen LogP contribution < -0.4 is 9.47 Å². The van der Waals surface area contributed by atoms with E-state index in [4.69, 9.17) is 20.0 Å². The SMILES string of the molecule is CCCCC(CC)(c1ccc(OC#N)cc1)c1ccc(OC#N)cc1. The van der Waals surface area contributed by atoms with E-state index in [9.17, 15) is 0 Å². The standard InChI is InChI=1S/C21H22N2O2/c1-3-5-14-21(4-2,17-6-10-19(11-7-17)24-15-22)18-8-12-20(13-9-18)25-16-23/h6-13H,3-5,14H2,1-2H3. The lowest BCUT2D eigenvalue weighted by molar-refractivity contribution is 0.435. The van der Waals surface area contributed by atoms with E-state index in [0.29, 0.717) is 11.5 Å². The Morgan fingerprint density at radius 1 is 0.800 bits per heavy atom. The highest BCUT2D eigenvalue weighted by Crippen LogP contribution is 2.41. The summed E-state index contributed by atoms with van der Waals surface area (Å²) >= 11 is 0. The molecule has 0 bridgehead atoms. The van der Waals surface area contributed by atoms with Gasteiger partial charge in [-0.05, 0) is 48.2 Å². The summed E-state index contributed by atoms with van der Waals surface area (Å²) in [6.45, 7) is 4.38. The zero-order valence-electron chi connectivity index (χ0n) is 14.7. The van der Waals surface area contributed by atoms with Crippen molar-refractivity contribution >= 4 is 0 Å². The van der Waals surface area contributed by atoms with E-state index in [2.05, 4.69) is 13.8 Å². The van der Waals surface area contributed by atoms with Gasteiger partial charge < -0.3 is 9.47 Å². The monoisotopic (exact) mass is 334 g/mol. The molecule has 0 saturated heterocycles. The van der Waals surface area contributed by atoms with Crippen molar-refractivity contribution in [1.82, 2.24) is 0 Å². The van der Waals surface area contributed by atoms with Crippen LogP contribution in [0.3, 0.4) is 0 Å². The molecule has 0 fully saturated rings. The molecule has 0 N–H and O–H groups in total. The minimum atomic E-state index is -0.119. The summed E-state index contributed by atoms with van der Waals surface area (Å²) < 4.78 is 9.79. The van der Waals surface area contributed by atoms with Gasteiger partial charge in [-0.3, -0.25) is 0 Å². The third-order valence-corrected chi connectivity index (χ3v) is 4.70. The van der Waals surface area contributed by atoms with Crippen molar-refractivity contribution in [3.63, 3.8) is 0 Å².